The standard InChI is InChI=1S/C22H19ClIN5O3S/c23-16-3-1-2-4-18(16)33-12-19(31)29(11-14-6-5-13(10-25)7-17(14)24)22(8-15(30)9-22)20-27-28-21(26)32-20/h1-7,15,30H,8-9,11-12H2,(H2,26,28). The lowest BCUT2D eigenvalue weighted by Crippen LogP contribution is -2.59. The van der Waals surface area contributed by atoms with E-state index in [1.54, 1.807) is 23.1 Å². The number of benzene rings is 2. The van der Waals surface area contributed by atoms with Crippen LogP contribution < -0.4 is 5.73 Å². The van der Waals surface area contributed by atoms with Gasteiger partial charge in [0.15, 0.2) is 0 Å². The number of carbonyl (C=O) groups excluding carboxylic acids is 1. The summed E-state index contributed by atoms with van der Waals surface area (Å²) in [7, 11) is 0. The Morgan fingerprint density at radius 2 is 2.12 bits per heavy atom. The van der Waals surface area contributed by atoms with Crippen molar-refractivity contribution in [1.82, 2.24) is 15.1 Å². The Balaban J connectivity index is 1.68. The highest BCUT2D eigenvalue weighted by Crippen LogP contribution is 2.47. The second kappa shape index (κ2) is 9.89. The molecule has 2 aromatic carbocycles. The fourth-order valence-corrected chi connectivity index (χ4v) is 5.63. The van der Waals surface area contributed by atoms with Crippen LogP contribution in [0.1, 0.15) is 29.9 Å². The first-order chi connectivity index (χ1) is 15.8. The molecule has 0 spiro atoms. The van der Waals surface area contributed by atoms with Crippen molar-refractivity contribution in [2.75, 3.05) is 11.5 Å². The van der Waals surface area contributed by atoms with Gasteiger partial charge in [0.25, 0.3) is 0 Å². The number of thioether (sulfide) groups is 1. The van der Waals surface area contributed by atoms with Crippen LogP contribution in [0.2, 0.25) is 5.02 Å². The minimum absolute atomic E-state index is 0.100. The van der Waals surface area contributed by atoms with Gasteiger partial charge in [-0.3, -0.25) is 4.79 Å². The minimum atomic E-state index is -0.973. The quantitative estimate of drug-likeness (QED) is 0.310. The molecule has 0 atom stereocenters. The molecule has 0 radical (unpaired) electrons. The zero-order valence-electron chi connectivity index (χ0n) is 17.2. The first-order valence-corrected chi connectivity index (χ1v) is 12.4. The summed E-state index contributed by atoms with van der Waals surface area (Å²) in [6.45, 7) is 0.237. The van der Waals surface area contributed by atoms with E-state index in [4.69, 9.17) is 21.8 Å². The van der Waals surface area contributed by atoms with Gasteiger partial charge in [0, 0.05) is 27.9 Å². The Morgan fingerprint density at radius 1 is 1.36 bits per heavy atom. The van der Waals surface area contributed by atoms with Gasteiger partial charge in [0.05, 0.1) is 28.5 Å². The molecule has 4 rings (SSSR count). The molecule has 0 saturated heterocycles. The molecule has 1 aromatic heterocycles. The Bertz CT molecular complexity index is 1220. The number of carbonyl (C=O) groups is 1. The summed E-state index contributed by atoms with van der Waals surface area (Å²) in [5.41, 5.74) is 6.09. The van der Waals surface area contributed by atoms with Gasteiger partial charge in [0.1, 0.15) is 5.54 Å². The van der Waals surface area contributed by atoms with Gasteiger partial charge in [-0.15, -0.1) is 16.9 Å². The van der Waals surface area contributed by atoms with Gasteiger partial charge < -0.3 is 20.2 Å². The summed E-state index contributed by atoms with van der Waals surface area (Å²) in [6, 6.07) is 14.7. The number of hydrogen-bond acceptors (Lipinski definition) is 8. The van der Waals surface area contributed by atoms with Gasteiger partial charge >= 0.3 is 6.01 Å². The normalized spacial score (nSPS) is 19.5. The van der Waals surface area contributed by atoms with Crippen molar-refractivity contribution < 1.29 is 14.3 Å². The molecule has 0 unspecified atom stereocenters. The fraction of sp³-hybridized carbons (Fsp3) is 0.273. The molecule has 1 heterocycles. The van der Waals surface area contributed by atoms with Crippen LogP contribution in [-0.2, 0) is 16.9 Å². The maximum Gasteiger partial charge on any atom is 0.312 e. The van der Waals surface area contributed by atoms with Crippen LogP contribution in [0.4, 0.5) is 6.01 Å². The smallest absolute Gasteiger partial charge is 0.312 e. The van der Waals surface area contributed by atoms with Crippen molar-refractivity contribution in [2.45, 2.75) is 35.9 Å². The van der Waals surface area contributed by atoms with Crippen molar-refractivity contribution in [3.05, 3.63) is 68.1 Å². The largest absolute Gasteiger partial charge is 0.406 e. The molecule has 3 aromatic rings. The predicted molar refractivity (Wildman–Crippen MR) is 132 cm³/mol. The Labute approximate surface area is 213 Å². The molecule has 1 aliphatic rings. The van der Waals surface area contributed by atoms with Crippen LogP contribution in [0, 0.1) is 14.9 Å². The van der Waals surface area contributed by atoms with Gasteiger partial charge in [-0.05, 0) is 52.4 Å². The number of amides is 1. The molecule has 1 saturated carbocycles. The number of rotatable bonds is 7. The molecular weight excluding hydrogens is 577 g/mol. The van der Waals surface area contributed by atoms with E-state index in [-0.39, 0.29) is 43.0 Å². The lowest BCUT2D eigenvalue weighted by atomic mass is 9.72. The number of hydrogen-bond donors (Lipinski definition) is 2. The average Bonchev–Trinajstić information content (AvgIpc) is 3.21. The number of nitrogen functional groups attached to an aromatic ring is 1. The first-order valence-electron chi connectivity index (χ1n) is 9.96. The van der Waals surface area contributed by atoms with Crippen LogP contribution in [-0.4, -0.2) is 38.0 Å². The number of anilines is 1. The minimum Gasteiger partial charge on any atom is -0.406 e. The highest BCUT2D eigenvalue weighted by molar-refractivity contribution is 14.1. The van der Waals surface area contributed by atoms with E-state index >= 15 is 0 Å². The maximum atomic E-state index is 13.6. The van der Waals surface area contributed by atoms with Crippen molar-refractivity contribution in [2.24, 2.45) is 0 Å². The number of aliphatic hydroxyl groups excluding tert-OH is 1. The van der Waals surface area contributed by atoms with Gasteiger partial charge in [-0.2, -0.15) is 5.26 Å². The van der Waals surface area contributed by atoms with E-state index < -0.39 is 11.6 Å². The average molecular weight is 596 g/mol. The summed E-state index contributed by atoms with van der Waals surface area (Å²) in [5, 5.41) is 27.8. The second-order valence-electron chi connectivity index (χ2n) is 7.66. The molecule has 0 aliphatic heterocycles. The molecule has 1 fully saturated rings. The SMILES string of the molecule is N#Cc1ccc(CN(C(=O)CSc2ccccc2Cl)C2(c3nnc(N)o3)CC(O)C2)c(I)c1. The number of nitriles is 1. The zero-order valence-corrected chi connectivity index (χ0v) is 21.0. The van der Waals surface area contributed by atoms with E-state index in [2.05, 4.69) is 38.9 Å². The second-order valence-corrected chi connectivity index (χ2v) is 10.2. The maximum absolute atomic E-state index is 13.6. The third kappa shape index (κ3) is 4.96. The number of aromatic nitrogens is 2. The zero-order chi connectivity index (χ0) is 23.6. The number of nitrogens with zero attached hydrogens (tertiary/aromatic N) is 4. The molecule has 170 valence electrons. The summed E-state index contributed by atoms with van der Waals surface area (Å²) in [4.78, 5) is 16.1. The Morgan fingerprint density at radius 3 is 2.73 bits per heavy atom. The Kier molecular flexibility index (Phi) is 7.13. The number of aliphatic hydroxyl groups is 1. The number of nitrogens with two attached hydrogens (primary N) is 1. The van der Waals surface area contributed by atoms with Gasteiger partial charge in [-0.1, -0.05) is 34.9 Å². The van der Waals surface area contributed by atoms with Crippen LogP contribution in [0.15, 0.2) is 51.8 Å². The molecule has 1 amide bonds. The third-order valence-electron chi connectivity index (χ3n) is 5.50. The van der Waals surface area contributed by atoms with Gasteiger partial charge in [0.2, 0.25) is 11.8 Å². The highest BCUT2D eigenvalue weighted by Gasteiger charge is 2.55. The van der Waals surface area contributed by atoms with Crippen LogP contribution >= 0.6 is 46.0 Å². The highest BCUT2D eigenvalue weighted by atomic mass is 127. The fourth-order valence-electron chi connectivity index (χ4n) is 3.83. The summed E-state index contributed by atoms with van der Waals surface area (Å²) in [5.74, 6) is 0.145. The molecule has 33 heavy (non-hydrogen) atoms. The topological polar surface area (TPSA) is 129 Å². The molecular formula is C22H19ClIN5O3S. The van der Waals surface area contributed by atoms with Crippen molar-refractivity contribution in [3.8, 4) is 6.07 Å². The van der Waals surface area contributed by atoms with E-state index in [0.29, 0.717) is 10.6 Å². The van der Waals surface area contributed by atoms with Crippen LogP contribution in [0.25, 0.3) is 0 Å². The van der Waals surface area contributed by atoms with Crippen molar-refractivity contribution in [1.29, 1.82) is 5.26 Å². The molecule has 11 heteroatoms. The lowest BCUT2D eigenvalue weighted by Gasteiger charge is -2.50. The third-order valence-corrected chi connectivity index (χ3v) is 8.01. The summed E-state index contributed by atoms with van der Waals surface area (Å²) < 4.78 is 6.38. The van der Waals surface area contributed by atoms with Crippen molar-refractivity contribution >= 4 is 57.9 Å². The number of halogens is 2. The van der Waals surface area contributed by atoms with E-state index in [9.17, 15) is 15.2 Å². The van der Waals surface area contributed by atoms with E-state index in [1.165, 1.54) is 11.8 Å². The van der Waals surface area contributed by atoms with Crippen LogP contribution in [0.3, 0.4) is 0 Å². The lowest BCUT2D eigenvalue weighted by molar-refractivity contribution is -0.152. The van der Waals surface area contributed by atoms with E-state index in [0.717, 1.165) is 14.0 Å². The summed E-state index contributed by atoms with van der Waals surface area (Å²) >= 11 is 9.74. The first kappa shape index (κ1) is 23.8. The molecule has 0 bridgehead atoms. The monoisotopic (exact) mass is 595 g/mol. The van der Waals surface area contributed by atoms with Gasteiger partial charge in [-0.25, -0.2) is 0 Å². The van der Waals surface area contributed by atoms with E-state index in [1.807, 2.05) is 24.3 Å². The molecule has 1 aliphatic carbocycles. The molecule has 8 nitrogen and oxygen atoms in total. The van der Waals surface area contributed by atoms with Crippen LogP contribution in [0.5, 0.6) is 0 Å². The summed E-state index contributed by atoms with van der Waals surface area (Å²) in [6.07, 6.45) is -0.0989. The predicted octanol–water partition coefficient (Wildman–Crippen LogP) is 3.95. The molecule has 3 N–H and O–H groups in total. The van der Waals surface area contributed by atoms with Crippen molar-refractivity contribution in [3.63, 3.8) is 0 Å². The Hall–Kier alpha value is -2.33.